The Morgan fingerprint density at radius 2 is 1.64 bits per heavy atom. The highest BCUT2D eigenvalue weighted by molar-refractivity contribution is 7.89. The summed E-state index contributed by atoms with van der Waals surface area (Å²) in [5, 5.41) is 2.68. The second kappa shape index (κ2) is 9.95. The van der Waals surface area contributed by atoms with Gasteiger partial charge in [0, 0.05) is 14.1 Å². The van der Waals surface area contributed by atoms with E-state index in [4.69, 9.17) is 14.2 Å². The lowest BCUT2D eigenvalue weighted by Crippen LogP contribution is -2.32. The van der Waals surface area contributed by atoms with E-state index >= 15 is 0 Å². The molecule has 0 heterocycles. The Hall–Kier alpha value is -2.78. The number of nitrogens with one attached hydrogen (secondary N) is 1. The van der Waals surface area contributed by atoms with E-state index in [1.807, 2.05) is 6.07 Å². The van der Waals surface area contributed by atoms with E-state index in [1.54, 1.807) is 30.3 Å². The molecule has 0 atom stereocenters. The summed E-state index contributed by atoms with van der Waals surface area (Å²) in [5.74, 6) is 1.27. The Bertz CT molecular complexity index is 882. The number of benzene rings is 2. The minimum atomic E-state index is -3.47. The van der Waals surface area contributed by atoms with Crippen LogP contribution in [-0.4, -0.2) is 59.6 Å². The van der Waals surface area contributed by atoms with Crippen LogP contribution in [0.25, 0.3) is 0 Å². The third-order valence-corrected chi connectivity index (χ3v) is 5.55. The van der Waals surface area contributed by atoms with Gasteiger partial charge in [0.1, 0.15) is 12.4 Å². The van der Waals surface area contributed by atoms with Crippen molar-refractivity contribution in [1.29, 1.82) is 0 Å². The summed E-state index contributed by atoms with van der Waals surface area (Å²) in [5.41, 5.74) is 0. The zero-order chi connectivity index (χ0) is 20.6. The van der Waals surface area contributed by atoms with Gasteiger partial charge in [0.15, 0.2) is 18.1 Å². The summed E-state index contributed by atoms with van der Waals surface area (Å²) < 4.78 is 41.2. The van der Waals surface area contributed by atoms with Gasteiger partial charge in [-0.15, -0.1) is 0 Å². The van der Waals surface area contributed by atoms with Crippen molar-refractivity contribution in [3.8, 4) is 17.2 Å². The van der Waals surface area contributed by atoms with Gasteiger partial charge in [-0.25, -0.2) is 12.7 Å². The van der Waals surface area contributed by atoms with E-state index in [0.29, 0.717) is 17.2 Å². The van der Waals surface area contributed by atoms with Crippen LogP contribution in [0, 0.1) is 0 Å². The lowest BCUT2D eigenvalue weighted by molar-refractivity contribution is -0.123. The molecule has 0 aliphatic carbocycles. The molecule has 0 unspecified atom stereocenters. The van der Waals surface area contributed by atoms with Gasteiger partial charge in [0.25, 0.3) is 5.91 Å². The van der Waals surface area contributed by atoms with Crippen molar-refractivity contribution in [3.63, 3.8) is 0 Å². The first-order valence-corrected chi connectivity index (χ1v) is 9.96. The molecule has 8 nitrogen and oxygen atoms in total. The summed E-state index contributed by atoms with van der Waals surface area (Å²) in [6.45, 7) is 0.378. The first kappa shape index (κ1) is 21.5. The van der Waals surface area contributed by atoms with Gasteiger partial charge in [-0.05, 0) is 36.4 Å². The van der Waals surface area contributed by atoms with E-state index < -0.39 is 10.0 Å². The number of para-hydroxylation sites is 2. The fraction of sp³-hybridized carbons (Fsp3) is 0.316. The van der Waals surface area contributed by atoms with E-state index in [2.05, 4.69) is 5.32 Å². The summed E-state index contributed by atoms with van der Waals surface area (Å²) in [7, 11) is 1.01. The molecule has 1 N–H and O–H groups in total. The number of amides is 1. The molecule has 0 bridgehead atoms. The van der Waals surface area contributed by atoms with Crippen LogP contribution in [0.15, 0.2) is 53.4 Å². The van der Waals surface area contributed by atoms with Gasteiger partial charge in [0.2, 0.25) is 10.0 Å². The van der Waals surface area contributed by atoms with Crippen LogP contribution in [0.1, 0.15) is 0 Å². The van der Waals surface area contributed by atoms with Crippen molar-refractivity contribution in [2.45, 2.75) is 4.90 Å². The third kappa shape index (κ3) is 5.86. The van der Waals surface area contributed by atoms with Crippen LogP contribution in [-0.2, 0) is 14.8 Å². The topological polar surface area (TPSA) is 94.2 Å². The van der Waals surface area contributed by atoms with Crippen LogP contribution < -0.4 is 19.5 Å². The zero-order valence-corrected chi connectivity index (χ0v) is 16.9. The first-order valence-electron chi connectivity index (χ1n) is 8.52. The standard InChI is InChI=1S/C19H24N2O6S/c1-21(2)28(23,24)16-10-8-15(9-11-16)26-13-12-20-19(22)14-27-18-7-5-4-6-17(18)25-3/h4-11H,12-14H2,1-3H3,(H,20,22). The molecule has 0 saturated heterocycles. The van der Waals surface area contributed by atoms with Crippen molar-refractivity contribution in [1.82, 2.24) is 9.62 Å². The maximum absolute atomic E-state index is 12.0. The summed E-state index contributed by atoms with van der Waals surface area (Å²) >= 11 is 0. The van der Waals surface area contributed by atoms with E-state index in [1.165, 1.54) is 33.3 Å². The van der Waals surface area contributed by atoms with Crippen molar-refractivity contribution in [2.75, 3.05) is 41.0 Å². The molecule has 152 valence electrons. The van der Waals surface area contributed by atoms with Gasteiger partial charge < -0.3 is 19.5 Å². The lowest BCUT2D eigenvalue weighted by Gasteiger charge is -2.12. The molecule has 0 aliphatic heterocycles. The molecule has 0 fully saturated rings. The van der Waals surface area contributed by atoms with Crippen LogP contribution >= 0.6 is 0 Å². The number of sulfonamides is 1. The average molecular weight is 408 g/mol. The Balaban J connectivity index is 1.73. The van der Waals surface area contributed by atoms with Gasteiger partial charge in [-0.3, -0.25) is 4.79 Å². The molecule has 0 saturated carbocycles. The number of rotatable bonds is 10. The van der Waals surface area contributed by atoms with Crippen LogP contribution in [0.5, 0.6) is 17.2 Å². The second-order valence-corrected chi connectivity index (χ2v) is 8.05. The van der Waals surface area contributed by atoms with Gasteiger partial charge in [-0.2, -0.15) is 0 Å². The Morgan fingerprint density at radius 3 is 2.25 bits per heavy atom. The average Bonchev–Trinajstić information content (AvgIpc) is 2.70. The number of carbonyl (C=O) groups is 1. The van der Waals surface area contributed by atoms with Gasteiger partial charge >= 0.3 is 0 Å². The maximum Gasteiger partial charge on any atom is 0.258 e. The molecular weight excluding hydrogens is 384 g/mol. The van der Waals surface area contributed by atoms with Crippen molar-refractivity contribution in [2.24, 2.45) is 0 Å². The molecule has 1 amide bonds. The Morgan fingerprint density at radius 1 is 1.00 bits per heavy atom. The quantitative estimate of drug-likeness (QED) is 0.599. The molecule has 0 aromatic heterocycles. The number of methoxy groups -OCH3 is 1. The number of carbonyl (C=O) groups excluding carboxylic acids is 1. The summed E-state index contributed by atoms with van der Waals surface area (Å²) in [6.07, 6.45) is 0. The zero-order valence-electron chi connectivity index (χ0n) is 16.0. The molecule has 2 aromatic rings. The van der Waals surface area contributed by atoms with Crippen molar-refractivity contribution < 1.29 is 27.4 Å². The smallest absolute Gasteiger partial charge is 0.258 e. The summed E-state index contributed by atoms with van der Waals surface area (Å²) in [6, 6.07) is 13.2. The predicted octanol–water partition coefficient (Wildman–Crippen LogP) is 1.52. The van der Waals surface area contributed by atoms with E-state index in [-0.39, 0.29) is 30.6 Å². The van der Waals surface area contributed by atoms with Crippen molar-refractivity contribution >= 4 is 15.9 Å². The molecular formula is C19H24N2O6S. The fourth-order valence-electron chi connectivity index (χ4n) is 2.21. The van der Waals surface area contributed by atoms with Crippen LogP contribution in [0.2, 0.25) is 0 Å². The number of hydrogen-bond donors (Lipinski definition) is 1. The van der Waals surface area contributed by atoms with Gasteiger partial charge in [0.05, 0.1) is 18.6 Å². The monoisotopic (exact) mass is 408 g/mol. The molecule has 2 rings (SSSR count). The minimum Gasteiger partial charge on any atom is -0.493 e. The normalized spacial score (nSPS) is 11.1. The van der Waals surface area contributed by atoms with Crippen LogP contribution in [0.4, 0.5) is 0 Å². The Labute approximate surface area is 165 Å². The molecule has 2 aromatic carbocycles. The van der Waals surface area contributed by atoms with Crippen LogP contribution in [0.3, 0.4) is 0 Å². The van der Waals surface area contributed by atoms with Gasteiger partial charge in [-0.1, -0.05) is 12.1 Å². The van der Waals surface area contributed by atoms with E-state index in [9.17, 15) is 13.2 Å². The van der Waals surface area contributed by atoms with E-state index in [0.717, 1.165) is 4.31 Å². The lowest BCUT2D eigenvalue weighted by atomic mass is 10.3. The highest BCUT2D eigenvalue weighted by atomic mass is 32.2. The SMILES string of the molecule is COc1ccccc1OCC(=O)NCCOc1ccc(S(=O)(=O)N(C)C)cc1. The molecule has 28 heavy (non-hydrogen) atoms. The Kier molecular flexibility index (Phi) is 7.65. The highest BCUT2D eigenvalue weighted by Gasteiger charge is 2.16. The second-order valence-electron chi connectivity index (χ2n) is 5.90. The first-order chi connectivity index (χ1) is 13.3. The molecule has 0 spiro atoms. The third-order valence-electron chi connectivity index (χ3n) is 3.72. The number of hydrogen-bond acceptors (Lipinski definition) is 6. The fourth-order valence-corrected chi connectivity index (χ4v) is 3.11. The summed E-state index contributed by atoms with van der Waals surface area (Å²) in [4.78, 5) is 12.0. The maximum atomic E-state index is 12.0. The van der Waals surface area contributed by atoms with Crippen molar-refractivity contribution in [3.05, 3.63) is 48.5 Å². The number of ether oxygens (including phenoxy) is 3. The number of nitrogens with zero attached hydrogens (tertiary/aromatic N) is 1. The highest BCUT2D eigenvalue weighted by Crippen LogP contribution is 2.25. The molecule has 9 heteroatoms. The minimum absolute atomic E-state index is 0.141. The predicted molar refractivity (Wildman–Crippen MR) is 104 cm³/mol. The molecule has 0 aliphatic rings. The largest absolute Gasteiger partial charge is 0.493 e. The molecule has 0 radical (unpaired) electrons.